The zero-order valence-corrected chi connectivity index (χ0v) is 15.0. The summed E-state index contributed by atoms with van der Waals surface area (Å²) in [5.41, 5.74) is 2.10. The Labute approximate surface area is 152 Å². The first-order valence-electron chi connectivity index (χ1n) is 8.15. The predicted molar refractivity (Wildman–Crippen MR) is 102 cm³/mol. The minimum atomic E-state index is 0.243. The number of anilines is 3. The summed E-state index contributed by atoms with van der Waals surface area (Å²) < 4.78 is 0. The number of nitrogens with one attached hydrogen (secondary N) is 1. The van der Waals surface area contributed by atoms with Crippen LogP contribution in [0.4, 0.5) is 17.5 Å². The van der Waals surface area contributed by atoms with Gasteiger partial charge in [0.15, 0.2) is 5.82 Å². The quantitative estimate of drug-likeness (QED) is 0.697. The summed E-state index contributed by atoms with van der Waals surface area (Å²) in [7, 11) is 0. The Kier molecular flexibility index (Phi) is 5.46. The van der Waals surface area contributed by atoms with Gasteiger partial charge in [-0.1, -0.05) is 41.9 Å². The van der Waals surface area contributed by atoms with Crippen LogP contribution in [0, 0.1) is 0 Å². The van der Waals surface area contributed by atoms with Gasteiger partial charge in [0, 0.05) is 23.3 Å². The summed E-state index contributed by atoms with van der Waals surface area (Å²) in [6.45, 7) is 4.96. The third-order valence-electron chi connectivity index (χ3n) is 3.74. The second-order valence-electron chi connectivity index (χ2n) is 5.98. The summed E-state index contributed by atoms with van der Waals surface area (Å²) in [4.78, 5) is 6.74. The van der Waals surface area contributed by atoms with Crippen molar-refractivity contribution in [1.29, 1.82) is 0 Å². The molecule has 0 atom stereocenters. The second-order valence-corrected chi connectivity index (χ2v) is 6.42. The van der Waals surface area contributed by atoms with Crippen LogP contribution in [0.2, 0.25) is 5.02 Å². The number of hydrogen-bond donors (Lipinski definition) is 1. The van der Waals surface area contributed by atoms with Crippen LogP contribution in [-0.4, -0.2) is 21.2 Å². The molecule has 2 aromatic carbocycles. The average molecular weight is 354 g/mol. The molecule has 0 amide bonds. The van der Waals surface area contributed by atoms with Crippen molar-refractivity contribution in [3.05, 3.63) is 71.4 Å². The number of rotatable bonds is 6. The topological polar surface area (TPSA) is 53.9 Å². The Morgan fingerprint density at radius 1 is 1.04 bits per heavy atom. The van der Waals surface area contributed by atoms with E-state index >= 15 is 0 Å². The molecule has 0 saturated heterocycles. The van der Waals surface area contributed by atoms with Crippen molar-refractivity contribution < 1.29 is 0 Å². The summed E-state index contributed by atoms with van der Waals surface area (Å²) >= 11 is 5.92. The van der Waals surface area contributed by atoms with Crippen molar-refractivity contribution in [2.75, 3.05) is 10.2 Å². The van der Waals surface area contributed by atoms with Crippen LogP contribution >= 0.6 is 11.6 Å². The van der Waals surface area contributed by atoms with Gasteiger partial charge < -0.3 is 10.2 Å². The number of hydrogen-bond acceptors (Lipinski definition) is 5. The molecule has 1 aromatic heterocycles. The van der Waals surface area contributed by atoms with Crippen LogP contribution in [0.15, 0.2) is 60.8 Å². The van der Waals surface area contributed by atoms with Gasteiger partial charge in [-0.15, -0.1) is 5.10 Å². The molecular formula is C19H20ClN5. The molecule has 0 spiro atoms. The van der Waals surface area contributed by atoms with E-state index in [-0.39, 0.29) is 6.04 Å². The van der Waals surface area contributed by atoms with E-state index in [4.69, 9.17) is 11.6 Å². The van der Waals surface area contributed by atoms with Crippen molar-refractivity contribution >= 4 is 29.1 Å². The molecule has 0 fully saturated rings. The van der Waals surface area contributed by atoms with Gasteiger partial charge in [-0.3, -0.25) is 0 Å². The fraction of sp³-hybridized carbons (Fsp3) is 0.211. The van der Waals surface area contributed by atoms with Gasteiger partial charge in [0.1, 0.15) is 0 Å². The summed E-state index contributed by atoms with van der Waals surface area (Å²) in [6, 6.07) is 18.0. The molecule has 3 rings (SSSR count). The molecule has 0 bridgehead atoms. The molecular weight excluding hydrogens is 334 g/mol. The molecule has 25 heavy (non-hydrogen) atoms. The lowest BCUT2D eigenvalue weighted by molar-refractivity contribution is 0.653. The van der Waals surface area contributed by atoms with Gasteiger partial charge in [-0.05, 0) is 43.7 Å². The highest BCUT2D eigenvalue weighted by Gasteiger charge is 2.15. The first kappa shape index (κ1) is 17.2. The zero-order chi connectivity index (χ0) is 17.6. The first-order chi connectivity index (χ1) is 12.1. The molecule has 0 radical (unpaired) electrons. The monoisotopic (exact) mass is 353 g/mol. The predicted octanol–water partition coefficient (Wildman–Crippen LogP) is 4.68. The van der Waals surface area contributed by atoms with E-state index < -0.39 is 0 Å². The van der Waals surface area contributed by atoms with Crippen molar-refractivity contribution in [3.63, 3.8) is 0 Å². The zero-order valence-electron chi connectivity index (χ0n) is 14.2. The van der Waals surface area contributed by atoms with Crippen LogP contribution in [-0.2, 0) is 6.54 Å². The lowest BCUT2D eigenvalue weighted by Gasteiger charge is -2.26. The van der Waals surface area contributed by atoms with Gasteiger partial charge >= 0.3 is 0 Å². The maximum absolute atomic E-state index is 5.92. The second kappa shape index (κ2) is 7.94. The summed E-state index contributed by atoms with van der Waals surface area (Å²) in [5, 5.41) is 12.2. The molecule has 0 aliphatic rings. The van der Waals surface area contributed by atoms with Crippen LogP contribution < -0.4 is 10.2 Å². The van der Waals surface area contributed by atoms with Gasteiger partial charge in [0.05, 0.1) is 6.20 Å². The Morgan fingerprint density at radius 2 is 1.76 bits per heavy atom. The number of benzene rings is 2. The third-order valence-corrected chi connectivity index (χ3v) is 3.99. The van der Waals surface area contributed by atoms with E-state index in [9.17, 15) is 0 Å². The van der Waals surface area contributed by atoms with E-state index in [2.05, 4.69) is 51.4 Å². The van der Waals surface area contributed by atoms with E-state index in [0.29, 0.717) is 16.8 Å². The first-order valence-corrected chi connectivity index (χ1v) is 8.52. The van der Waals surface area contributed by atoms with Crippen molar-refractivity contribution in [2.45, 2.75) is 26.4 Å². The lowest BCUT2D eigenvalue weighted by Crippen LogP contribution is -2.32. The van der Waals surface area contributed by atoms with Crippen LogP contribution in [0.5, 0.6) is 0 Å². The highest BCUT2D eigenvalue weighted by Crippen LogP contribution is 2.20. The largest absolute Gasteiger partial charge is 0.339 e. The van der Waals surface area contributed by atoms with Crippen molar-refractivity contribution in [2.24, 2.45) is 0 Å². The summed E-state index contributed by atoms with van der Waals surface area (Å²) in [6.07, 6.45) is 1.61. The molecule has 3 aromatic rings. The molecule has 5 nitrogen and oxygen atoms in total. The van der Waals surface area contributed by atoms with Gasteiger partial charge in [-0.2, -0.15) is 10.1 Å². The fourth-order valence-corrected chi connectivity index (χ4v) is 2.55. The molecule has 128 valence electrons. The van der Waals surface area contributed by atoms with Crippen LogP contribution in [0.25, 0.3) is 0 Å². The lowest BCUT2D eigenvalue weighted by atomic mass is 10.2. The molecule has 1 N–H and O–H groups in total. The fourth-order valence-electron chi connectivity index (χ4n) is 2.42. The van der Waals surface area contributed by atoms with Crippen molar-refractivity contribution in [1.82, 2.24) is 15.2 Å². The van der Waals surface area contributed by atoms with E-state index in [1.165, 1.54) is 5.56 Å². The maximum Gasteiger partial charge on any atom is 0.247 e. The van der Waals surface area contributed by atoms with Crippen molar-refractivity contribution in [3.8, 4) is 0 Å². The SMILES string of the molecule is CC(C)N(Cc1ccccc1)c1nncc(Nc2ccc(Cl)cc2)n1. The number of aromatic nitrogens is 3. The highest BCUT2D eigenvalue weighted by molar-refractivity contribution is 6.30. The van der Waals surface area contributed by atoms with E-state index in [1.807, 2.05) is 42.5 Å². The van der Waals surface area contributed by atoms with Gasteiger partial charge in [0.2, 0.25) is 5.95 Å². The number of nitrogens with zero attached hydrogens (tertiary/aromatic N) is 4. The van der Waals surface area contributed by atoms with Crippen LogP contribution in [0.3, 0.4) is 0 Å². The normalized spacial score (nSPS) is 10.7. The molecule has 0 aliphatic heterocycles. The molecule has 6 heteroatoms. The Balaban J connectivity index is 1.81. The Hall–Kier alpha value is -2.66. The average Bonchev–Trinajstić information content (AvgIpc) is 2.62. The van der Waals surface area contributed by atoms with E-state index in [1.54, 1.807) is 6.20 Å². The highest BCUT2D eigenvalue weighted by atomic mass is 35.5. The molecule has 0 saturated carbocycles. The minimum Gasteiger partial charge on any atom is -0.339 e. The van der Waals surface area contributed by atoms with Crippen LogP contribution in [0.1, 0.15) is 19.4 Å². The third kappa shape index (κ3) is 4.67. The smallest absolute Gasteiger partial charge is 0.247 e. The molecule has 0 unspecified atom stereocenters. The molecule has 0 aliphatic carbocycles. The number of halogens is 1. The Bertz CT molecular complexity index is 806. The summed E-state index contributed by atoms with van der Waals surface area (Å²) in [5.74, 6) is 1.24. The maximum atomic E-state index is 5.92. The standard InChI is InChI=1S/C19H20ClN5/c1-14(2)25(13-15-6-4-3-5-7-15)19-23-18(12-21-24-19)22-17-10-8-16(20)9-11-17/h3-12,14H,13H2,1-2H3,(H,22,23,24). The minimum absolute atomic E-state index is 0.243. The Morgan fingerprint density at radius 3 is 2.44 bits per heavy atom. The van der Waals surface area contributed by atoms with Gasteiger partial charge in [0.25, 0.3) is 0 Å². The van der Waals surface area contributed by atoms with E-state index in [0.717, 1.165) is 12.2 Å². The molecule has 1 heterocycles. The van der Waals surface area contributed by atoms with Gasteiger partial charge in [-0.25, -0.2) is 0 Å².